The number of halogens is 1. The highest BCUT2D eigenvalue weighted by molar-refractivity contribution is 5.97. The molecule has 6 aromatic rings. The Morgan fingerprint density at radius 3 is 2.64 bits per heavy atom. The zero-order valence-corrected chi connectivity index (χ0v) is 23.4. The number of benzene rings is 1. The van der Waals surface area contributed by atoms with Gasteiger partial charge in [0.15, 0.2) is 5.82 Å². The Bertz CT molecular complexity index is 1890. The van der Waals surface area contributed by atoms with Crippen molar-refractivity contribution in [3.05, 3.63) is 67.1 Å². The number of hydrogen-bond donors (Lipinski definition) is 2. The van der Waals surface area contributed by atoms with Crippen LogP contribution < -0.4 is 9.64 Å². The molecular formula is C31H30FN9O. The first-order valence-electron chi connectivity index (χ1n) is 14.0. The van der Waals surface area contributed by atoms with Gasteiger partial charge in [0.25, 0.3) is 0 Å². The number of anilines is 1. The maximum atomic E-state index is 14.7. The predicted molar refractivity (Wildman–Crippen MR) is 161 cm³/mol. The van der Waals surface area contributed by atoms with Gasteiger partial charge in [0.05, 0.1) is 46.5 Å². The molecule has 0 atom stereocenters. The van der Waals surface area contributed by atoms with E-state index in [4.69, 9.17) is 9.72 Å². The number of nitrogens with one attached hydrogen (secondary N) is 2. The highest BCUT2D eigenvalue weighted by Crippen LogP contribution is 2.34. The second-order valence-electron chi connectivity index (χ2n) is 10.8. The standard InChI is InChI=1S/C31H30FN9O/c1-40(2)22-10-20(14-33-15-22)26-13-24-27(18-35-26)38-39-30(24)31-36-28-17-34-16-25(29(28)37-31)19-9-21(32)12-23(11-19)42-8-7-41-5-3-4-6-41/h9-18H,3-8H2,1-2H3,(H,36,37)(H,38,39). The highest BCUT2D eigenvalue weighted by Gasteiger charge is 2.18. The molecule has 0 radical (unpaired) electrons. The third-order valence-corrected chi connectivity index (χ3v) is 7.66. The quantitative estimate of drug-likeness (QED) is 0.257. The van der Waals surface area contributed by atoms with Crippen LogP contribution in [-0.2, 0) is 0 Å². The van der Waals surface area contributed by atoms with Gasteiger partial charge in [-0.05, 0) is 55.8 Å². The van der Waals surface area contributed by atoms with Gasteiger partial charge in [-0.15, -0.1) is 0 Å². The van der Waals surface area contributed by atoms with Crippen molar-refractivity contribution in [1.82, 2.24) is 40.0 Å². The fourth-order valence-electron chi connectivity index (χ4n) is 5.42. The number of nitrogens with zero attached hydrogens (tertiary/aromatic N) is 7. The largest absolute Gasteiger partial charge is 0.492 e. The minimum Gasteiger partial charge on any atom is -0.492 e. The number of H-pyrrole nitrogens is 2. The Labute approximate surface area is 241 Å². The Morgan fingerprint density at radius 2 is 1.79 bits per heavy atom. The molecule has 1 aliphatic heterocycles. The smallest absolute Gasteiger partial charge is 0.159 e. The molecule has 0 aliphatic carbocycles. The second kappa shape index (κ2) is 10.8. The van der Waals surface area contributed by atoms with E-state index >= 15 is 0 Å². The maximum absolute atomic E-state index is 14.7. The molecule has 1 fully saturated rings. The molecule has 212 valence electrons. The summed E-state index contributed by atoms with van der Waals surface area (Å²) in [6, 6.07) is 8.77. The van der Waals surface area contributed by atoms with Crippen LogP contribution in [0.25, 0.3) is 55.8 Å². The summed E-state index contributed by atoms with van der Waals surface area (Å²) in [4.78, 5) is 26.0. The first kappa shape index (κ1) is 26.0. The lowest BCUT2D eigenvalue weighted by atomic mass is 10.1. The molecule has 1 aliphatic rings. The summed E-state index contributed by atoms with van der Waals surface area (Å²) in [6.45, 7) is 3.53. The number of imidazole rings is 1. The Balaban J connectivity index is 1.22. The zero-order valence-electron chi connectivity index (χ0n) is 23.4. The van der Waals surface area contributed by atoms with E-state index in [1.807, 2.05) is 43.4 Å². The molecule has 0 saturated carbocycles. The summed E-state index contributed by atoms with van der Waals surface area (Å²) >= 11 is 0. The van der Waals surface area contributed by atoms with Crippen LogP contribution in [0, 0.1) is 5.82 Å². The number of hydrogen-bond acceptors (Lipinski definition) is 8. The number of ether oxygens (including phenoxy) is 1. The second-order valence-corrected chi connectivity index (χ2v) is 10.8. The number of pyridine rings is 3. The lowest BCUT2D eigenvalue weighted by molar-refractivity contribution is 0.237. The van der Waals surface area contributed by atoms with E-state index in [2.05, 4.69) is 35.0 Å². The predicted octanol–water partition coefficient (Wildman–Crippen LogP) is 5.30. The summed E-state index contributed by atoms with van der Waals surface area (Å²) in [5.74, 6) is 0.687. The van der Waals surface area contributed by atoms with Gasteiger partial charge in [0, 0.05) is 55.6 Å². The van der Waals surface area contributed by atoms with Crippen LogP contribution in [0.1, 0.15) is 12.8 Å². The molecule has 0 bridgehead atoms. The lowest BCUT2D eigenvalue weighted by Crippen LogP contribution is -2.25. The van der Waals surface area contributed by atoms with Crippen molar-refractivity contribution in [3.8, 4) is 39.7 Å². The molecule has 6 heterocycles. The molecule has 10 nitrogen and oxygen atoms in total. The maximum Gasteiger partial charge on any atom is 0.159 e. The molecule has 0 amide bonds. The molecule has 0 unspecified atom stereocenters. The third kappa shape index (κ3) is 5.03. The summed E-state index contributed by atoms with van der Waals surface area (Å²) < 4.78 is 20.7. The number of aromatic amines is 2. The van der Waals surface area contributed by atoms with E-state index in [1.165, 1.54) is 25.0 Å². The van der Waals surface area contributed by atoms with Gasteiger partial charge in [-0.2, -0.15) is 5.10 Å². The minimum absolute atomic E-state index is 0.373. The zero-order chi connectivity index (χ0) is 28.6. The molecule has 1 saturated heterocycles. The van der Waals surface area contributed by atoms with Crippen LogP contribution in [-0.4, -0.2) is 80.4 Å². The molecule has 7 rings (SSSR count). The average molecular weight is 564 g/mol. The van der Waals surface area contributed by atoms with E-state index in [9.17, 15) is 4.39 Å². The van der Waals surface area contributed by atoms with Gasteiger partial charge >= 0.3 is 0 Å². The van der Waals surface area contributed by atoms with E-state index in [1.54, 1.807) is 24.8 Å². The first-order valence-corrected chi connectivity index (χ1v) is 14.0. The van der Waals surface area contributed by atoms with Crippen molar-refractivity contribution in [2.45, 2.75) is 12.8 Å². The summed E-state index contributed by atoms with van der Waals surface area (Å²) in [5.41, 5.74) is 6.83. The fraction of sp³-hybridized carbons (Fsp3) is 0.258. The molecule has 42 heavy (non-hydrogen) atoms. The van der Waals surface area contributed by atoms with Crippen molar-refractivity contribution in [1.29, 1.82) is 0 Å². The van der Waals surface area contributed by atoms with Crippen LogP contribution in [0.2, 0.25) is 0 Å². The Kier molecular flexibility index (Phi) is 6.71. The summed E-state index contributed by atoms with van der Waals surface area (Å²) in [7, 11) is 3.95. The van der Waals surface area contributed by atoms with Crippen molar-refractivity contribution in [2.24, 2.45) is 0 Å². The number of rotatable bonds is 8. The Morgan fingerprint density at radius 1 is 0.929 bits per heavy atom. The van der Waals surface area contributed by atoms with Gasteiger partial charge in [-0.1, -0.05) is 0 Å². The van der Waals surface area contributed by atoms with Gasteiger partial charge in [0.1, 0.15) is 23.9 Å². The van der Waals surface area contributed by atoms with Crippen LogP contribution in [0.15, 0.2) is 61.3 Å². The monoisotopic (exact) mass is 563 g/mol. The minimum atomic E-state index is -0.373. The lowest BCUT2D eigenvalue weighted by Gasteiger charge is -2.15. The van der Waals surface area contributed by atoms with Crippen molar-refractivity contribution in [2.75, 3.05) is 45.2 Å². The van der Waals surface area contributed by atoms with Crippen molar-refractivity contribution in [3.63, 3.8) is 0 Å². The number of likely N-dealkylation sites (tertiary alicyclic amines) is 1. The van der Waals surface area contributed by atoms with Crippen molar-refractivity contribution < 1.29 is 9.13 Å². The number of fused-ring (bicyclic) bond motifs is 2. The normalized spacial score (nSPS) is 13.8. The number of aromatic nitrogens is 7. The third-order valence-electron chi connectivity index (χ3n) is 7.66. The molecule has 5 aromatic heterocycles. The van der Waals surface area contributed by atoms with Gasteiger partial charge in [-0.25, -0.2) is 9.37 Å². The SMILES string of the molecule is CN(C)c1cncc(-c2cc3c(-c4nc5c(-c6cc(F)cc(OCCN7CCCC7)c6)cncc5[nH]4)n[nH]c3cn2)c1. The molecular weight excluding hydrogens is 533 g/mol. The summed E-state index contributed by atoms with van der Waals surface area (Å²) in [6.07, 6.45) is 11.2. The van der Waals surface area contributed by atoms with Crippen molar-refractivity contribution >= 4 is 27.6 Å². The molecule has 0 spiro atoms. The van der Waals surface area contributed by atoms with Gasteiger partial charge in [0.2, 0.25) is 0 Å². The molecule has 2 N–H and O–H groups in total. The van der Waals surface area contributed by atoms with E-state index < -0.39 is 0 Å². The topological polar surface area (TPSA) is 112 Å². The highest BCUT2D eigenvalue weighted by atomic mass is 19.1. The van der Waals surface area contributed by atoms with Crippen LogP contribution in [0.5, 0.6) is 5.75 Å². The first-order chi connectivity index (χ1) is 20.5. The van der Waals surface area contributed by atoms with E-state index in [0.29, 0.717) is 40.5 Å². The van der Waals surface area contributed by atoms with Crippen LogP contribution >= 0.6 is 0 Å². The molecule has 1 aromatic carbocycles. The van der Waals surface area contributed by atoms with E-state index in [0.717, 1.165) is 53.0 Å². The Hall–Kier alpha value is -4.90. The average Bonchev–Trinajstić information content (AvgIpc) is 3.76. The molecule has 11 heteroatoms. The fourth-order valence-corrected chi connectivity index (χ4v) is 5.42. The van der Waals surface area contributed by atoms with Gasteiger partial charge in [-0.3, -0.25) is 25.0 Å². The van der Waals surface area contributed by atoms with Crippen LogP contribution in [0.3, 0.4) is 0 Å². The van der Waals surface area contributed by atoms with Crippen LogP contribution in [0.4, 0.5) is 10.1 Å². The van der Waals surface area contributed by atoms with E-state index in [-0.39, 0.29) is 5.82 Å². The van der Waals surface area contributed by atoms with Gasteiger partial charge < -0.3 is 14.6 Å². The summed E-state index contributed by atoms with van der Waals surface area (Å²) in [5, 5.41) is 8.47.